The van der Waals surface area contributed by atoms with Crippen molar-refractivity contribution in [3.05, 3.63) is 51.3 Å². The van der Waals surface area contributed by atoms with Crippen molar-refractivity contribution in [1.82, 2.24) is 13.9 Å². The van der Waals surface area contributed by atoms with E-state index in [1.54, 1.807) is 21.5 Å². The van der Waals surface area contributed by atoms with Gasteiger partial charge in [0.15, 0.2) is 0 Å². The summed E-state index contributed by atoms with van der Waals surface area (Å²) in [6, 6.07) is 9.23. The van der Waals surface area contributed by atoms with Gasteiger partial charge in [-0.1, -0.05) is 18.2 Å². The third kappa shape index (κ3) is 1.40. The van der Waals surface area contributed by atoms with E-state index in [9.17, 15) is 9.59 Å². The molecule has 2 aromatic rings. The van der Waals surface area contributed by atoms with Crippen molar-refractivity contribution in [2.24, 2.45) is 0 Å². The Morgan fingerprint density at radius 1 is 1.00 bits per heavy atom. The zero-order chi connectivity index (χ0) is 14.1. The molecule has 108 valence electrons. The number of para-hydroxylation sites is 1. The predicted molar refractivity (Wildman–Crippen MR) is 74.9 cm³/mol. The topological polar surface area (TPSA) is 61.5 Å². The number of epoxide rings is 1. The van der Waals surface area contributed by atoms with Gasteiger partial charge in [-0.2, -0.15) is 0 Å². The van der Waals surface area contributed by atoms with Crippen LogP contribution < -0.4 is 11.4 Å². The number of nitrogens with zero attached hydrogens (tertiary/aromatic N) is 3. The Bertz CT molecular complexity index is 832. The minimum Gasteiger partial charge on any atom is -0.367 e. The Labute approximate surface area is 120 Å². The minimum absolute atomic E-state index is 0.0129. The SMILES string of the molecule is O=c1n(-c2ccccc2)c(=O)n2n1[C@@H]1CC[C@H]2[C@@H]2O[C@@H]2C1. The predicted octanol–water partition coefficient (Wildman–Crippen LogP) is 0.848. The highest BCUT2D eigenvalue weighted by Gasteiger charge is 2.54. The van der Waals surface area contributed by atoms with Crippen molar-refractivity contribution < 1.29 is 4.74 Å². The number of ether oxygens (including phenoxy) is 1. The zero-order valence-electron chi connectivity index (χ0n) is 11.4. The van der Waals surface area contributed by atoms with Gasteiger partial charge in [0.1, 0.15) is 6.10 Å². The Kier molecular flexibility index (Phi) is 2.07. The van der Waals surface area contributed by atoms with Gasteiger partial charge < -0.3 is 4.74 Å². The Hall–Kier alpha value is -2.08. The van der Waals surface area contributed by atoms with Crippen LogP contribution in [0.25, 0.3) is 5.69 Å². The normalized spacial score (nSPS) is 32.4. The second kappa shape index (κ2) is 3.76. The highest BCUT2D eigenvalue weighted by Crippen LogP contribution is 2.47. The molecular formula is C15H15N3O3. The Balaban J connectivity index is 1.81. The number of benzene rings is 1. The molecular weight excluding hydrogens is 270 g/mol. The first-order valence-corrected chi connectivity index (χ1v) is 7.42. The van der Waals surface area contributed by atoms with Crippen molar-refractivity contribution in [1.29, 1.82) is 0 Å². The van der Waals surface area contributed by atoms with Crippen LogP contribution in [0.1, 0.15) is 31.3 Å². The van der Waals surface area contributed by atoms with Gasteiger partial charge in [0, 0.05) is 0 Å². The number of fused-ring (bicyclic) bond motifs is 1. The average Bonchev–Trinajstić information content (AvgIpc) is 3.23. The average molecular weight is 285 g/mol. The van der Waals surface area contributed by atoms with E-state index in [2.05, 4.69) is 0 Å². The summed E-state index contributed by atoms with van der Waals surface area (Å²) in [5, 5.41) is 0. The maximum absolute atomic E-state index is 12.8. The zero-order valence-corrected chi connectivity index (χ0v) is 11.4. The summed E-state index contributed by atoms with van der Waals surface area (Å²) in [6.45, 7) is 0. The molecule has 4 aliphatic rings. The highest BCUT2D eigenvalue weighted by atomic mass is 16.6. The molecule has 0 spiro atoms. The molecule has 1 saturated carbocycles. The lowest BCUT2D eigenvalue weighted by atomic mass is 10.1. The number of aromatic nitrogens is 3. The van der Waals surface area contributed by atoms with E-state index in [1.165, 1.54) is 4.57 Å². The summed E-state index contributed by atoms with van der Waals surface area (Å²) >= 11 is 0. The molecule has 6 nitrogen and oxygen atoms in total. The van der Waals surface area contributed by atoms with E-state index in [4.69, 9.17) is 4.74 Å². The molecule has 0 N–H and O–H groups in total. The molecule has 4 heterocycles. The van der Waals surface area contributed by atoms with Crippen LogP contribution in [0, 0.1) is 0 Å². The highest BCUT2D eigenvalue weighted by molar-refractivity contribution is 5.30. The van der Waals surface area contributed by atoms with E-state index < -0.39 is 0 Å². The first-order chi connectivity index (χ1) is 10.3. The van der Waals surface area contributed by atoms with Crippen LogP contribution in [0.15, 0.2) is 39.9 Å². The summed E-state index contributed by atoms with van der Waals surface area (Å²) in [6.07, 6.45) is 3.08. The number of rotatable bonds is 1. The van der Waals surface area contributed by atoms with Crippen LogP contribution >= 0.6 is 0 Å². The fourth-order valence-electron chi connectivity index (χ4n) is 3.98. The quantitative estimate of drug-likeness (QED) is 0.730. The van der Waals surface area contributed by atoms with Crippen LogP contribution in [-0.2, 0) is 4.74 Å². The van der Waals surface area contributed by atoms with Crippen LogP contribution in [0.3, 0.4) is 0 Å². The number of hydrogen-bond acceptors (Lipinski definition) is 3. The monoisotopic (exact) mass is 285 g/mol. The molecule has 1 aromatic carbocycles. The molecule has 2 bridgehead atoms. The molecule has 0 amide bonds. The molecule has 1 aliphatic carbocycles. The van der Waals surface area contributed by atoms with Crippen molar-refractivity contribution >= 4 is 0 Å². The second-order valence-corrected chi connectivity index (χ2v) is 6.10. The minimum atomic E-state index is -0.239. The van der Waals surface area contributed by atoms with E-state index >= 15 is 0 Å². The molecule has 2 fully saturated rings. The lowest BCUT2D eigenvalue weighted by Crippen LogP contribution is -2.37. The van der Waals surface area contributed by atoms with Gasteiger partial charge in [-0.25, -0.2) is 23.5 Å². The fraction of sp³-hybridized carbons (Fsp3) is 0.467. The molecule has 4 atom stereocenters. The molecule has 6 heteroatoms. The molecule has 0 radical (unpaired) electrons. The van der Waals surface area contributed by atoms with Gasteiger partial charge in [0.05, 0.1) is 23.9 Å². The summed E-state index contributed by atoms with van der Waals surface area (Å²) in [5.74, 6) is 0. The van der Waals surface area contributed by atoms with Crippen LogP contribution in [-0.4, -0.2) is 26.1 Å². The fourth-order valence-corrected chi connectivity index (χ4v) is 3.98. The van der Waals surface area contributed by atoms with E-state index in [0.29, 0.717) is 5.69 Å². The molecule has 1 saturated heterocycles. The first-order valence-electron chi connectivity index (χ1n) is 7.42. The second-order valence-electron chi connectivity index (χ2n) is 6.10. The van der Waals surface area contributed by atoms with Gasteiger partial charge in [-0.05, 0) is 31.4 Å². The summed E-state index contributed by atoms with van der Waals surface area (Å²) in [4.78, 5) is 25.6. The Morgan fingerprint density at radius 3 is 2.57 bits per heavy atom. The van der Waals surface area contributed by atoms with Crippen molar-refractivity contribution in [2.45, 2.75) is 43.6 Å². The van der Waals surface area contributed by atoms with Crippen molar-refractivity contribution in [3.63, 3.8) is 0 Å². The van der Waals surface area contributed by atoms with Gasteiger partial charge in [-0.15, -0.1) is 0 Å². The summed E-state index contributed by atoms with van der Waals surface area (Å²) < 4.78 is 10.3. The van der Waals surface area contributed by atoms with E-state index in [1.807, 2.05) is 18.2 Å². The van der Waals surface area contributed by atoms with Crippen molar-refractivity contribution in [2.75, 3.05) is 0 Å². The van der Waals surface area contributed by atoms with Gasteiger partial charge in [0.2, 0.25) is 0 Å². The van der Waals surface area contributed by atoms with Crippen molar-refractivity contribution in [3.8, 4) is 5.69 Å². The molecule has 21 heavy (non-hydrogen) atoms. The van der Waals surface area contributed by atoms with Crippen LogP contribution in [0.5, 0.6) is 0 Å². The lowest BCUT2D eigenvalue weighted by Gasteiger charge is -2.28. The standard InChI is InChI=1S/C15H15N3O3/c19-14-16(9-4-2-1-3-5-9)15(20)18-11-7-6-10(17(14)18)8-12-13(11)21-12/h1-5,10-13H,6-8H2/t10-,11+,12-,13+/m1/s1. The summed E-state index contributed by atoms with van der Waals surface area (Å²) in [5.41, 5.74) is 0.174. The number of hydrogen-bond donors (Lipinski definition) is 0. The Morgan fingerprint density at radius 2 is 1.76 bits per heavy atom. The first kappa shape index (κ1) is 11.6. The van der Waals surface area contributed by atoms with E-state index in [-0.39, 0.29) is 35.7 Å². The third-order valence-electron chi connectivity index (χ3n) is 4.98. The summed E-state index contributed by atoms with van der Waals surface area (Å²) in [7, 11) is 0. The molecule has 6 rings (SSSR count). The maximum atomic E-state index is 12.8. The maximum Gasteiger partial charge on any atom is 0.352 e. The van der Waals surface area contributed by atoms with Gasteiger partial charge in [-0.3, -0.25) is 0 Å². The van der Waals surface area contributed by atoms with Gasteiger partial charge >= 0.3 is 11.4 Å². The lowest BCUT2D eigenvalue weighted by molar-refractivity contribution is 0.163. The van der Waals surface area contributed by atoms with E-state index in [0.717, 1.165) is 19.3 Å². The smallest absolute Gasteiger partial charge is 0.352 e. The molecule has 0 unspecified atom stereocenters. The van der Waals surface area contributed by atoms with Gasteiger partial charge in [0.25, 0.3) is 0 Å². The molecule has 1 aromatic heterocycles. The largest absolute Gasteiger partial charge is 0.367 e. The van der Waals surface area contributed by atoms with Crippen LogP contribution in [0.2, 0.25) is 0 Å². The van der Waals surface area contributed by atoms with Crippen LogP contribution in [0.4, 0.5) is 0 Å². The molecule has 3 aliphatic heterocycles. The third-order valence-corrected chi connectivity index (χ3v) is 4.98.